The van der Waals surface area contributed by atoms with E-state index in [2.05, 4.69) is 22.0 Å². The second-order valence-corrected chi connectivity index (χ2v) is 6.10. The van der Waals surface area contributed by atoms with Crippen molar-refractivity contribution in [3.8, 4) is 11.8 Å². The standard InChI is InChI=1S/C14H16BrN3O3/c15-12-4-3-11(18(19)20)8-13(12)21-7-5-10-2-1-6-14(10,17)9-16/h3-4,8,10H,1-2,5-7,17H2. The Morgan fingerprint density at radius 3 is 3.05 bits per heavy atom. The van der Waals surface area contributed by atoms with Crippen LogP contribution in [-0.4, -0.2) is 17.1 Å². The summed E-state index contributed by atoms with van der Waals surface area (Å²) in [7, 11) is 0. The van der Waals surface area contributed by atoms with Gasteiger partial charge in [-0.3, -0.25) is 10.1 Å². The highest BCUT2D eigenvalue weighted by molar-refractivity contribution is 9.10. The molecule has 6 nitrogen and oxygen atoms in total. The van der Waals surface area contributed by atoms with Crippen molar-refractivity contribution in [1.82, 2.24) is 0 Å². The first-order valence-corrected chi connectivity index (χ1v) is 7.52. The molecule has 21 heavy (non-hydrogen) atoms. The van der Waals surface area contributed by atoms with E-state index >= 15 is 0 Å². The van der Waals surface area contributed by atoms with Crippen molar-refractivity contribution in [2.75, 3.05) is 6.61 Å². The van der Waals surface area contributed by atoms with Crippen molar-refractivity contribution in [3.05, 3.63) is 32.8 Å². The minimum atomic E-state index is -0.761. The van der Waals surface area contributed by atoms with E-state index in [1.807, 2.05) is 0 Å². The molecule has 1 saturated carbocycles. The lowest BCUT2D eigenvalue weighted by Gasteiger charge is -2.23. The Hall–Kier alpha value is -1.65. The Morgan fingerprint density at radius 2 is 2.38 bits per heavy atom. The minimum Gasteiger partial charge on any atom is -0.492 e. The first kappa shape index (κ1) is 15.7. The Balaban J connectivity index is 1.96. The molecule has 1 aliphatic rings. The number of hydrogen-bond acceptors (Lipinski definition) is 5. The predicted octanol–water partition coefficient (Wildman–Crippen LogP) is 3.15. The van der Waals surface area contributed by atoms with E-state index in [0.29, 0.717) is 29.7 Å². The van der Waals surface area contributed by atoms with Crippen LogP contribution in [0.25, 0.3) is 0 Å². The van der Waals surface area contributed by atoms with E-state index < -0.39 is 10.5 Å². The van der Waals surface area contributed by atoms with E-state index in [0.717, 1.165) is 12.8 Å². The summed E-state index contributed by atoms with van der Waals surface area (Å²) in [5.74, 6) is 0.543. The highest BCUT2D eigenvalue weighted by atomic mass is 79.9. The van der Waals surface area contributed by atoms with Crippen molar-refractivity contribution < 1.29 is 9.66 Å². The Bertz CT molecular complexity index is 587. The smallest absolute Gasteiger partial charge is 0.273 e. The average Bonchev–Trinajstić information content (AvgIpc) is 2.83. The first-order valence-electron chi connectivity index (χ1n) is 6.73. The van der Waals surface area contributed by atoms with E-state index in [-0.39, 0.29) is 11.6 Å². The predicted molar refractivity (Wildman–Crippen MR) is 80.8 cm³/mol. The molecule has 0 aliphatic heterocycles. The molecule has 0 radical (unpaired) electrons. The van der Waals surface area contributed by atoms with Gasteiger partial charge < -0.3 is 10.5 Å². The number of halogens is 1. The van der Waals surface area contributed by atoms with Gasteiger partial charge in [0, 0.05) is 6.07 Å². The highest BCUT2D eigenvalue weighted by Crippen LogP contribution is 2.36. The number of hydrogen-bond donors (Lipinski definition) is 1. The van der Waals surface area contributed by atoms with Gasteiger partial charge in [-0.15, -0.1) is 0 Å². The Morgan fingerprint density at radius 1 is 1.62 bits per heavy atom. The van der Waals surface area contributed by atoms with Crippen molar-refractivity contribution >= 4 is 21.6 Å². The third-order valence-electron chi connectivity index (χ3n) is 3.93. The van der Waals surface area contributed by atoms with Crippen LogP contribution < -0.4 is 10.5 Å². The van der Waals surface area contributed by atoms with Gasteiger partial charge in [0.15, 0.2) is 0 Å². The number of benzene rings is 1. The number of ether oxygens (including phenoxy) is 1. The summed E-state index contributed by atoms with van der Waals surface area (Å²) in [4.78, 5) is 10.3. The fourth-order valence-corrected chi connectivity index (χ4v) is 3.04. The minimum absolute atomic E-state index is 0.0146. The number of nitrogens with two attached hydrogens (primary N) is 1. The molecule has 0 spiro atoms. The van der Waals surface area contributed by atoms with Crippen molar-refractivity contribution in [1.29, 1.82) is 5.26 Å². The van der Waals surface area contributed by atoms with Gasteiger partial charge in [0.25, 0.3) is 5.69 Å². The number of non-ortho nitro benzene ring substituents is 1. The van der Waals surface area contributed by atoms with Crippen LogP contribution >= 0.6 is 15.9 Å². The summed E-state index contributed by atoms with van der Waals surface area (Å²) < 4.78 is 6.28. The van der Waals surface area contributed by atoms with Crippen LogP contribution in [0.5, 0.6) is 5.75 Å². The van der Waals surface area contributed by atoms with Gasteiger partial charge in [0.2, 0.25) is 0 Å². The highest BCUT2D eigenvalue weighted by Gasteiger charge is 2.39. The Labute approximate surface area is 131 Å². The molecule has 0 amide bonds. The Kier molecular flexibility index (Phi) is 4.80. The quantitative estimate of drug-likeness (QED) is 0.646. The third kappa shape index (κ3) is 3.52. The first-order chi connectivity index (χ1) is 9.96. The molecule has 1 fully saturated rings. The molecule has 0 aromatic heterocycles. The normalized spacial score (nSPS) is 24.5. The molecule has 0 saturated heterocycles. The SMILES string of the molecule is N#CC1(N)CCCC1CCOc1cc([N+](=O)[O-])ccc1Br. The van der Waals surface area contributed by atoms with Gasteiger partial charge in [-0.25, -0.2) is 0 Å². The summed E-state index contributed by atoms with van der Waals surface area (Å²) in [5.41, 5.74) is 5.29. The molecular weight excluding hydrogens is 338 g/mol. The van der Waals surface area contributed by atoms with E-state index in [4.69, 9.17) is 15.7 Å². The number of rotatable bonds is 5. The van der Waals surface area contributed by atoms with Gasteiger partial charge >= 0.3 is 0 Å². The molecule has 2 N–H and O–H groups in total. The van der Waals surface area contributed by atoms with Gasteiger partial charge in [0.05, 0.1) is 28.1 Å². The topological polar surface area (TPSA) is 102 Å². The summed E-state index contributed by atoms with van der Waals surface area (Å²) in [6.45, 7) is 0.380. The second kappa shape index (κ2) is 6.41. The lowest BCUT2D eigenvalue weighted by atomic mass is 9.87. The number of nitrogens with zero attached hydrogens (tertiary/aromatic N) is 2. The number of nitro groups is 1. The van der Waals surface area contributed by atoms with Gasteiger partial charge in [-0.05, 0) is 47.2 Å². The van der Waals surface area contributed by atoms with Crippen LogP contribution in [0.2, 0.25) is 0 Å². The van der Waals surface area contributed by atoms with Gasteiger partial charge in [-0.2, -0.15) is 5.26 Å². The summed E-state index contributed by atoms with van der Waals surface area (Å²) in [5, 5.41) is 19.9. The molecule has 112 valence electrons. The van der Waals surface area contributed by atoms with E-state index in [9.17, 15) is 10.1 Å². The van der Waals surface area contributed by atoms with Crippen molar-refractivity contribution in [3.63, 3.8) is 0 Å². The van der Waals surface area contributed by atoms with E-state index in [1.165, 1.54) is 12.1 Å². The molecule has 2 unspecified atom stereocenters. The number of nitro benzene ring substituents is 1. The van der Waals surface area contributed by atoms with Crippen molar-refractivity contribution in [2.45, 2.75) is 31.2 Å². The van der Waals surface area contributed by atoms with Crippen molar-refractivity contribution in [2.24, 2.45) is 11.7 Å². The third-order valence-corrected chi connectivity index (χ3v) is 4.58. The lowest BCUT2D eigenvalue weighted by molar-refractivity contribution is -0.385. The maximum absolute atomic E-state index is 10.8. The molecule has 0 heterocycles. The molecular formula is C14H16BrN3O3. The molecule has 1 aromatic rings. The average molecular weight is 354 g/mol. The fourth-order valence-electron chi connectivity index (χ4n) is 2.68. The molecule has 2 rings (SSSR count). The number of nitriles is 1. The largest absolute Gasteiger partial charge is 0.492 e. The van der Waals surface area contributed by atoms with Crippen LogP contribution in [0.1, 0.15) is 25.7 Å². The van der Waals surface area contributed by atoms with E-state index in [1.54, 1.807) is 6.07 Å². The summed E-state index contributed by atoms with van der Waals surface area (Å²) in [6.07, 6.45) is 3.26. The van der Waals surface area contributed by atoms with Crippen LogP contribution in [0, 0.1) is 27.4 Å². The van der Waals surface area contributed by atoms with Crippen LogP contribution in [0.4, 0.5) is 5.69 Å². The van der Waals surface area contributed by atoms with Gasteiger partial charge in [-0.1, -0.05) is 6.42 Å². The van der Waals surface area contributed by atoms with Gasteiger partial charge in [0.1, 0.15) is 11.3 Å². The fraction of sp³-hybridized carbons (Fsp3) is 0.500. The maximum Gasteiger partial charge on any atom is 0.273 e. The molecule has 0 bridgehead atoms. The van der Waals surface area contributed by atoms with Crippen LogP contribution in [-0.2, 0) is 0 Å². The van der Waals surface area contributed by atoms with Crippen LogP contribution in [0.3, 0.4) is 0 Å². The maximum atomic E-state index is 10.8. The zero-order valence-corrected chi connectivity index (χ0v) is 13.0. The summed E-state index contributed by atoms with van der Waals surface area (Å²) in [6, 6.07) is 6.59. The van der Waals surface area contributed by atoms with Crippen LogP contribution in [0.15, 0.2) is 22.7 Å². The molecule has 1 aliphatic carbocycles. The molecule has 7 heteroatoms. The molecule has 2 atom stereocenters. The summed E-state index contributed by atoms with van der Waals surface area (Å²) >= 11 is 3.30. The second-order valence-electron chi connectivity index (χ2n) is 5.25. The monoisotopic (exact) mass is 353 g/mol. The zero-order chi connectivity index (χ0) is 15.5. The lowest BCUT2D eigenvalue weighted by Crippen LogP contribution is -2.42. The zero-order valence-electron chi connectivity index (χ0n) is 11.4. The molecule has 1 aromatic carbocycles.